The maximum atomic E-state index is 12.8. The second kappa shape index (κ2) is 8.98. The lowest BCUT2D eigenvalue weighted by Gasteiger charge is -2.34. The second-order valence-corrected chi connectivity index (χ2v) is 8.37. The van der Waals surface area contributed by atoms with Crippen LogP contribution in [0.3, 0.4) is 0 Å². The van der Waals surface area contributed by atoms with Gasteiger partial charge in [-0.2, -0.15) is 0 Å². The third-order valence-corrected chi connectivity index (χ3v) is 6.59. The van der Waals surface area contributed by atoms with E-state index in [1.807, 2.05) is 10.0 Å². The van der Waals surface area contributed by atoms with Gasteiger partial charge in [0.1, 0.15) is 0 Å². The SMILES string of the molecule is COc1cc2sn(CCN3CCN(Cc4ccccc4)CC3)c(=O)c2cc1OC. The minimum absolute atomic E-state index is 0.0497. The number of rotatable bonds is 7. The van der Waals surface area contributed by atoms with Gasteiger partial charge in [-0.15, -0.1) is 0 Å². The molecule has 1 fully saturated rings. The van der Waals surface area contributed by atoms with E-state index in [9.17, 15) is 4.79 Å². The smallest absolute Gasteiger partial charge is 0.268 e. The van der Waals surface area contributed by atoms with Crippen molar-refractivity contribution in [2.24, 2.45) is 0 Å². The molecule has 0 amide bonds. The number of piperazine rings is 1. The average Bonchev–Trinajstić information content (AvgIpc) is 3.07. The normalized spacial score (nSPS) is 15.7. The molecule has 7 heteroatoms. The molecule has 0 saturated carbocycles. The molecule has 0 atom stereocenters. The van der Waals surface area contributed by atoms with Crippen LogP contribution >= 0.6 is 11.5 Å². The highest BCUT2D eigenvalue weighted by atomic mass is 32.1. The van der Waals surface area contributed by atoms with E-state index in [2.05, 4.69) is 40.1 Å². The molecule has 29 heavy (non-hydrogen) atoms. The molecule has 4 rings (SSSR count). The van der Waals surface area contributed by atoms with Crippen molar-refractivity contribution in [3.8, 4) is 11.5 Å². The Balaban J connectivity index is 1.35. The zero-order chi connectivity index (χ0) is 20.2. The summed E-state index contributed by atoms with van der Waals surface area (Å²) in [4.78, 5) is 17.7. The van der Waals surface area contributed by atoms with Crippen LogP contribution in [-0.2, 0) is 13.1 Å². The highest BCUT2D eigenvalue weighted by Gasteiger charge is 2.18. The van der Waals surface area contributed by atoms with Gasteiger partial charge < -0.3 is 9.47 Å². The zero-order valence-corrected chi connectivity index (χ0v) is 17.8. The molecule has 2 heterocycles. The van der Waals surface area contributed by atoms with Crippen molar-refractivity contribution in [2.75, 3.05) is 46.9 Å². The first kappa shape index (κ1) is 19.9. The van der Waals surface area contributed by atoms with E-state index in [0.29, 0.717) is 23.4 Å². The van der Waals surface area contributed by atoms with Crippen LogP contribution in [0, 0.1) is 0 Å². The minimum Gasteiger partial charge on any atom is -0.493 e. The standard InChI is InChI=1S/C22H27N3O3S/c1-27-19-14-18-21(15-20(19)28-2)29-25(22(18)26)13-12-23-8-10-24(11-9-23)16-17-6-4-3-5-7-17/h3-7,14-15H,8-13,16H2,1-2H3. The summed E-state index contributed by atoms with van der Waals surface area (Å²) in [6.07, 6.45) is 0. The maximum Gasteiger partial charge on any atom is 0.268 e. The minimum atomic E-state index is 0.0497. The summed E-state index contributed by atoms with van der Waals surface area (Å²) in [6.45, 7) is 6.80. The fourth-order valence-electron chi connectivity index (χ4n) is 3.79. The molecule has 0 bridgehead atoms. The molecule has 0 N–H and O–H groups in total. The van der Waals surface area contributed by atoms with Gasteiger partial charge in [-0.05, 0) is 11.6 Å². The van der Waals surface area contributed by atoms with E-state index in [4.69, 9.17) is 9.47 Å². The summed E-state index contributed by atoms with van der Waals surface area (Å²) in [5.74, 6) is 1.25. The van der Waals surface area contributed by atoms with E-state index >= 15 is 0 Å². The Morgan fingerprint density at radius 3 is 2.24 bits per heavy atom. The molecule has 1 saturated heterocycles. The molecule has 0 unspecified atom stereocenters. The molecule has 1 aliphatic rings. The van der Waals surface area contributed by atoms with E-state index < -0.39 is 0 Å². The second-order valence-electron chi connectivity index (χ2n) is 7.31. The third kappa shape index (κ3) is 4.47. The molecule has 1 aromatic heterocycles. The largest absolute Gasteiger partial charge is 0.493 e. The van der Waals surface area contributed by atoms with E-state index in [1.54, 1.807) is 20.3 Å². The fourth-order valence-corrected chi connectivity index (χ4v) is 4.79. The van der Waals surface area contributed by atoms with Crippen LogP contribution in [0.25, 0.3) is 10.1 Å². The molecule has 3 aromatic rings. The molecule has 154 valence electrons. The number of methoxy groups -OCH3 is 2. The molecule has 0 aliphatic carbocycles. The van der Waals surface area contributed by atoms with Gasteiger partial charge in [0.2, 0.25) is 0 Å². The van der Waals surface area contributed by atoms with Gasteiger partial charge in [-0.1, -0.05) is 41.9 Å². The lowest BCUT2D eigenvalue weighted by atomic mass is 10.2. The summed E-state index contributed by atoms with van der Waals surface area (Å²) in [7, 11) is 3.20. The number of aromatic nitrogens is 1. The van der Waals surface area contributed by atoms with Crippen LogP contribution < -0.4 is 15.0 Å². The van der Waals surface area contributed by atoms with Crippen molar-refractivity contribution in [3.05, 3.63) is 58.4 Å². The van der Waals surface area contributed by atoms with Crippen molar-refractivity contribution < 1.29 is 9.47 Å². The lowest BCUT2D eigenvalue weighted by Crippen LogP contribution is -2.46. The van der Waals surface area contributed by atoms with Crippen molar-refractivity contribution in [1.82, 2.24) is 13.8 Å². The van der Waals surface area contributed by atoms with Crippen LogP contribution in [0.5, 0.6) is 11.5 Å². The highest BCUT2D eigenvalue weighted by Crippen LogP contribution is 2.32. The van der Waals surface area contributed by atoms with Gasteiger partial charge in [0, 0.05) is 51.9 Å². The van der Waals surface area contributed by atoms with Gasteiger partial charge in [0.25, 0.3) is 5.56 Å². The van der Waals surface area contributed by atoms with Crippen LogP contribution in [-0.4, -0.2) is 60.7 Å². The van der Waals surface area contributed by atoms with E-state index in [1.165, 1.54) is 17.1 Å². The van der Waals surface area contributed by atoms with Crippen molar-refractivity contribution in [3.63, 3.8) is 0 Å². The van der Waals surface area contributed by atoms with Crippen LogP contribution in [0.1, 0.15) is 5.56 Å². The van der Waals surface area contributed by atoms with Crippen molar-refractivity contribution in [2.45, 2.75) is 13.1 Å². The summed E-state index contributed by atoms with van der Waals surface area (Å²) in [5, 5.41) is 0.695. The molecular formula is C22H27N3O3S. The molecular weight excluding hydrogens is 386 g/mol. The molecule has 6 nitrogen and oxygen atoms in total. The number of benzene rings is 2. The number of hydrogen-bond donors (Lipinski definition) is 0. The molecule has 1 aliphatic heterocycles. The molecule has 0 spiro atoms. The van der Waals surface area contributed by atoms with Gasteiger partial charge in [-0.3, -0.25) is 18.6 Å². The van der Waals surface area contributed by atoms with Crippen LogP contribution in [0.4, 0.5) is 0 Å². The fraction of sp³-hybridized carbons (Fsp3) is 0.409. The zero-order valence-electron chi connectivity index (χ0n) is 17.0. The quantitative estimate of drug-likeness (QED) is 0.596. The van der Waals surface area contributed by atoms with Gasteiger partial charge in [0.05, 0.1) is 24.3 Å². The number of ether oxygens (including phenoxy) is 2. The van der Waals surface area contributed by atoms with Crippen LogP contribution in [0.15, 0.2) is 47.3 Å². The van der Waals surface area contributed by atoms with Gasteiger partial charge >= 0.3 is 0 Å². The Morgan fingerprint density at radius 2 is 1.55 bits per heavy atom. The van der Waals surface area contributed by atoms with Crippen molar-refractivity contribution in [1.29, 1.82) is 0 Å². The third-order valence-electron chi connectivity index (χ3n) is 5.48. The predicted octanol–water partition coefficient (Wildman–Crippen LogP) is 2.90. The highest BCUT2D eigenvalue weighted by molar-refractivity contribution is 7.13. The van der Waals surface area contributed by atoms with Gasteiger partial charge in [-0.25, -0.2) is 0 Å². The lowest BCUT2D eigenvalue weighted by molar-refractivity contribution is 0.124. The number of nitrogens with zero attached hydrogens (tertiary/aromatic N) is 3. The Hall–Kier alpha value is -2.35. The molecule has 2 aromatic carbocycles. The summed E-state index contributed by atoms with van der Waals surface area (Å²) in [5.41, 5.74) is 1.41. The Kier molecular flexibility index (Phi) is 6.18. The summed E-state index contributed by atoms with van der Waals surface area (Å²) >= 11 is 1.50. The topological polar surface area (TPSA) is 46.9 Å². The summed E-state index contributed by atoms with van der Waals surface area (Å²) in [6, 6.07) is 14.3. The first-order valence-electron chi connectivity index (χ1n) is 9.92. The van der Waals surface area contributed by atoms with Crippen molar-refractivity contribution >= 4 is 21.6 Å². The monoisotopic (exact) mass is 413 g/mol. The Morgan fingerprint density at radius 1 is 0.897 bits per heavy atom. The van der Waals surface area contributed by atoms with E-state index in [0.717, 1.165) is 44.0 Å². The predicted molar refractivity (Wildman–Crippen MR) is 117 cm³/mol. The van der Waals surface area contributed by atoms with Crippen LogP contribution in [0.2, 0.25) is 0 Å². The summed E-state index contributed by atoms with van der Waals surface area (Å²) < 4.78 is 13.5. The Bertz CT molecular complexity index is 1010. The first-order valence-corrected chi connectivity index (χ1v) is 10.7. The van der Waals surface area contributed by atoms with Gasteiger partial charge in [0.15, 0.2) is 11.5 Å². The number of fused-ring (bicyclic) bond motifs is 1. The Labute approximate surface area is 175 Å². The first-order chi connectivity index (χ1) is 14.2. The maximum absolute atomic E-state index is 12.8. The average molecular weight is 414 g/mol. The molecule has 0 radical (unpaired) electrons. The number of hydrogen-bond acceptors (Lipinski definition) is 6. The van der Waals surface area contributed by atoms with E-state index in [-0.39, 0.29) is 5.56 Å².